The van der Waals surface area contributed by atoms with Crippen LogP contribution in [0.25, 0.3) is 10.9 Å². The first-order chi connectivity index (χ1) is 13.7. The Morgan fingerprint density at radius 2 is 2.00 bits per heavy atom. The van der Waals surface area contributed by atoms with E-state index in [2.05, 4.69) is 10.3 Å². The maximum Gasteiger partial charge on any atom is 0.340 e. The molecule has 0 saturated heterocycles. The molecule has 148 valence electrons. The van der Waals surface area contributed by atoms with Gasteiger partial charge in [-0.3, -0.25) is 19.9 Å². The maximum absolute atomic E-state index is 13.3. The van der Waals surface area contributed by atoms with Gasteiger partial charge in [0.05, 0.1) is 21.7 Å². The molecule has 0 aliphatic heterocycles. The van der Waals surface area contributed by atoms with E-state index in [9.17, 15) is 24.1 Å². The SMILES string of the molecule is Cc1nc2ccc(Cl)cc2cc1C(=O)OCC(=O)Nc1ccc(F)c([N+](=O)[O-])c1. The van der Waals surface area contributed by atoms with Gasteiger partial charge in [-0.1, -0.05) is 11.6 Å². The summed E-state index contributed by atoms with van der Waals surface area (Å²) in [6, 6.07) is 9.49. The monoisotopic (exact) mass is 417 g/mol. The number of anilines is 1. The number of benzene rings is 2. The summed E-state index contributed by atoms with van der Waals surface area (Å²) in [7, 11) is 0. The fourth-order valence-electron chi connectivity index (χ4n) is 2.59. The lowest BCUT2D eigenvalue weighted by Crippen LogP contribution is -2.21. The number of aryl methyl sites for hydroxylation is 1. The Hall–Kier alpha value is -3.59. The van der Waals surface area contributed by atoms with Gasteiger partial charge in [0.2, 0.25) is 5.82 Å². The van der Waals surface area contributed by atoms with Gasteiger partial charge in [-0.2, -0.15) is 4.39 Å². The summed E-state index contributed by atoms with van der Waals surface area (Å²) >= 11 is 5.95. The highest BCUT2D eigenvalue weighted by atomic mass is 35.5. The molecule has 0 bridgehead atoms. The molecule has 0 saturated carbocycles. The van der Waals surface area contributed by atoms with Gasteiger partial charge in [0.1, 0.15) is 0 Å². The Kier molecular flexibility index (Phi) is 5.69. The normalized spacial score (nSPS) is 10.6. The molecule has 1 heterocycles. The zero-order valence-corrected chi connectivity index (χ0v) is 15.7. The first-order valence-electron chi connectivity index (χ1n) is 8.22. The highest BCUT2D eigenvalue weighted by molar-refractivity contribution is 6.31. The van der Waals surface area contributed by atoms with Crippen molar-refractivity contribution >= 4 is 45.8 Å². The smallest absolute Gasteiger partial charge is 0.340 e. The largest absolute Gasteiger partial charge is 0.452 e. The third-order valence-electron chi connectivity index (χ3n) is 3.95. The highest BCUT2D eigenvalue weighted by Crippen LogP contribution is 2.22. The molecule has 10 heteroatoms. The number of nitrogens with zero attached hydrogens (tertiary/aromatic N) is 2. The summed E-state index contributed by atoms with van der Waals surface area (Å²) in [4.78, 5) is 38.4. The molecule has 1 aromatic heterocycles. The van der Waals surface area contributed by atoms with Crippen molar-refractivity contribution in [3.8, 4) is 0 Å². The number of pyridine rings is 1. The van der Waals surface area contributed by atoms with Gasteiger partial charge in [-0.05, 0) is 43.3 Å². The number of nitro benzene ring substituents is 1. The van der Waals surface area contributed by atoms with E-state index in [-0.39, 0.29) is 11.3 Å². The lowest BCUT2D eigenvalue weighted by atomic mass is 10.1. The third kappa shape index (κ3) is 4.64. The Balaban J connectivity index is 1.68. The van der Waals surface area contributed by atoms with Gasteiger partial charge in [-0.15, -0.1) is 0 Å². The van der Waals surface area contributed by atoms with Gasteiger partial charge >= 0.3 is 11.7 Å². The minimum Gasteiger partial charge on any atom is -0.452 e. The molecule has 3 aromatic rings. The predicted molar refractivity (Wildman–Crippen MR) is 103 cm³/mol. The van der Waals surface area contributed by atoms with Crippen molar-refractivity contribution in [3.63, 3.8) is 0 Å². The van der Waals surface area contributed by atoms with E-state index in [1.54, 1.807) is 31.2 Å². The number of fused-ring (bicyclic) bond motifs is 1. The standard InChI is InChI=1S/C19H13ClFN3O5/c1-10-14(7-11-6-12(20)2-5-16(11)22-10)19(26)29-9-18(25)23-13-3-4-15(21)17(8-13)24(27)28/h2-8H,9H2,1H3,(H,23,25). The quantitative estimate of drug-likeness (QED) is 0.381. The lowest BCUT2D eigenvalue weighted by Gasteiger charge is -2.09. The average molecular weight is 418 g/mol. The van der Waals surface area contributed by atoms with Gasteiger partial charge in [-0.25, -0.2) is 4.79 Å². The molecule has 1 amide bonds. The van der Waals surface area contributed by atoms with Gasteiger partial charge in [0.15, 0.2) is 6.61 Å². The molecular weight excluding hydrogens is 405 g/mol. The van der Waals surface area contributed by atoms with E-state index in [0.29, 0.717) is 21.6 Å². The van der Waals surface area contributed by atoms with Crippen LogP contribution in [0.3, 0.4) is 0 Å². The Morgan fingerprint density at radius 1 is 1.24 bits per heavy atom. The van der Waals surface area contributed by atoms with E-state index in [4.69, 9.17) is 16.3 Å². The number of halogens is 2. The molecular formula is C19H13ClFN3O5. The second-order valence-corrected chi connectivity index (χ2v) is 6.44. The minimum atomic E-state index is -1.03. The van der Waals surface area contributed by atoms with Crippen LogP contribution in [0.2, 0.25) is 5.02 Å². The van der Waals surface area contributed by atoms with Crippen LogP contribution in [0, 0.1) is 22.9 Å². The zero-order chi connectivity index (χ0) is 21.1. The summed E-state index contributed by atoms with van der Waals surface area (Å²) < 4.78 is 18.3. The van der Waals surface area contributed by atoms with Crippen molar-refractivity contribution in [2.45, 2.75) is 6.92 Å². The Labute approximate surface area is 168 Å². The number of nitrogens with one attached hydrogen (secondary N) is 1. The fraction of sp³-hybridized carbons (Fsp3) is 0.105. The number of hydrogen-bond acceptors (Lipinski definition) is 6. The van der Waals surface area contributed by atoms with Crippen molar-refractivity contribution in [1.29, 1.82) is 0 Å². The second kappa shape index (κ2) is 8.19. The van der Waals surface area contributed by atoms with Crippen LogP contribution in [0.5, 0.6) is 0 Å². The summed E-state index contributed by atoms with van der Waals surface area (Å²) in [6.45, 7) is 0.986. The van der Waals surface area contributed by atoms with Crippen LogP contribution in [0.1, 0.15) is 16.1 Å². The lowest BCUT2D eigenvalue weighted by molar-refractivity contribution is -0.387. The molecule has 0 aliphatic carbocycles. The van der Waals surface area contributed by atoms with Crippen LogP contribution in [0.4, 0.5) is 15.8 Å². The van der Waals surface area contributed by atoms with Gasteiger partial charge < -0.3 is 10.1 Å². The van der Waals surface area contributed by atoms with Crippen molar-refractivity contribution in [1.82, 2.24) is 4.98 Å². The highest BCUT2D eigenvalue weighted by Gasteiger charge is 2.17. The number of carbonyl (C=O) groups is 2. The summed E-state index contributed by atoms with van der Waals surface area (Å²) in [5.41, 5.74) is 0.456. The summed E-state index contributed by atoms with van der Waals surface area (Å²) in [5, 5.41) is 14.2. The molecule has 29 heavy (non-hydrogen) atoms. The molecule has 0 spiro atoms. The van der Waals surface area contributed by atoms with E-state index < -0.39 is 34.9 Å². The molecule has 1 N–H and O–H groups in total. The molecule has 2 aromatic carbocycles. The molecule has 0 fully saturated rings. The van der Waals surface area contributed by atoms with Crippen molar-refractivity contribution in [3.05, 3.63) is 74.7 Å². The van der Waals surface area contributed by atoms with Crippen LogP contribution in [-0.4, -0.2) is 28.4 Å². The minimum absolute atomic E-state index is 0.00246. The van der Waals surface area contributed by atoms with Crippen LogP contribution in [-0.2, 0) is 9.53 Å². The zero-order valence-electron chi connectivity index (χ0n) is 14.9. The van der Waals surface area contributed by atoms with Gasteiger partial charge in [0, 0.05) is 22.2 Å². The Morgan fingerprint density at radius 3 is 2.72 bits per heavy atom. The third-order valence-corrected chi connectivity index (χ3v) is 4.18. The molecule has 8 nitrogen and oxygen atoms in total. The molecule has 0 unspecified atom stereocenters. The maximum atomic E-state index is 13.3. The molecule has 3 rings (SSSR count). The van der Waals surface area contributed by atoms with E-state index in [0.717, 1.165) is 18.2 Å². The van der Waals surface area contributed by atoms with Crippen molar-refractivity contribution in [2.24, 2.45) is 0 Å². The molecule has 0 atom stereocenters. The topological polar surface area (TPSA) is 111 Å². The number of ether oxygens (including phenoxy) is 1. The number of esters is 1. The second-order valence-electron chi connectivity index (χ2n) is 6.01. The van der Waals surface area contributed by atoms with Gasteiger partial charge in [0.25, 0.3) is 5.91 Å². The molecule has 0 aliphatic rings. The van der Waals surface area contributed by atoms with Crippen molar-refractivity contribution < 1.29 is 23.6 Å². The first kappa shape index (κ1) is 20.2. The number of nitro groups is 1. The van der Waals surface area contributed by atoms with Crippen LogP contribution in [0.15, 0.2) is 42.5 Å². The summed E-state index contributed by atoms with van der Waals surface area (Å²) in [6.07, 6.45) is 0. The molecule has 0 radical (unpaired) electrons. The number of amides is 1. The number of hydrogen-bond donors (Lipinski definition) is 1. The number of rotatable bonds is 5. The Bertz CT molecular complexity index is 1150. The average Bonchev–Trinajstić information content (AvgIpc) is 2.67. The number of aromatic nitrogens is 1. The number of carbonyl (C=O) groups excluding carboxylic acids is 2. The van der Waals surface area contributed by atoms with Crippen LogP contribution < -0.4 is 5.32 Å². The van der Waals surface area contributed by atoms with E-state index >= 15 is 0 Å². The first-order valence-corrected chi connectivity index (χ1v) is 8.60. The van der Waals surface area contributed by atoms with E-state index in [1.165, 1.54) is 0 Å². The van der Waals surface area contributed by atoms with Crippen LogP contribution >= 0.6 is 11.6 Å². The van der Waals surface area contributed by atoms with E-state index in [1.807, 2.05) is 0 Å². The van der Waals surface area contributed by atoms with Crippen molar-refractivity contribution in [2.75, 3.05) is 11.9 Å². The fourth-order valence-corrected chi connectivity index (χ4v) is 2.77. The summed E-state index contributed by atoms with van der Waals surface area (Å²) in [5.74, 6) is -2.54. The predicted octanol–water partition coefficient (Wildman–Crippen LogP) is 4.04.